The molecule has 0 saturated carbocycles. The predicted octanol–water partition coefficient (Wildman–Crippen LogP) is 11.0. The molecule has 6 nitrogen and oxygen atoms in total. The monoisotopic (exact) mass is 662 g/mol. The molecule has 0 aromatic rings. The third kappa shape index (κ3) is 28.7. The molecule has 2 fully saturated rings. The third-order valence-corrected chi connectivity index (χ3v) is 7.54. The van der Waals surface area contributed by atoms with Crippen molar-refractivity contribution in [3.8, 4) is 0 Å². The first kappa shape index (κ1) is 42.5. The van der Waals surface area contributed by atoms with Gasteiger partial charge in [0, 0.05) is 12.8 Å². The summed E-state index contributed by atoms with van der Waals surface area (Å²) in [5.74, 6) is -1.46. The average molecular weight is 663 g/mol. The number of unbranched alkanes of at least 4 members (excludes halogenated alkanes) is 1. The topological polar surface area (TPSA) is 99.7 Å². The number of hydrogen-bond donors (Lipinski definition) is 2. The normalized spacial score (nSPS) is 21.0. The Bertz CT molecular complexity index is 1100. The molecule has 2 heterocycles. The molecule has 0 radical (unpaired) electrons. The second kappa shape index (κ2) is 30.8. The van der Waals surface area contributed by atoms with E-state index >= 15 is 0 Å². The minimum absolute atomic E-state index is 0.202. The molecule has 266 valence electrons. The van der Waals surface area contributed by atoms with Crippen molar-refractivity contribution < 1.29 is 29.3 Å². The van der Waals surface area contributed by atoms with Crippen LogP contribution in [-0.2, 0) is 19.1 Å². The highest BCUT2D eigenvalue weighted by atomic mass is 16.6. The van der Waals surface area contributed by atoms with Gasteiger partial charge >= 0.3 is 11.9 Å². The Labute approximate surface area is 291 Å². The lowest BCUT2D eigenvalue weighted by atomic mass is 10.1. The van der Waals surface area contributed by atoms with Crippen LogP contribution in [0.2, 0.25) is 0 Å². The van der Waals surface area contributed by atoms with Crippen LogP contribution in [0.1, 0.15) is 117 Å². The van der Waals surface area contributed by atoms with Gasteiger partial charge in [-0.3, -0.25) is 9.59 Å². The average Bonchev–Trinajstić information content (AvgIpc) is 4.00. The van der Waals surface area contributed by atoms with E-state index < -0.39 is 11.9 Å². The van der Waals surface area contributed by atoms with Crippen molar-refractivity contribution in [2.75, 3.05) is 0 Å². The van der Waals surface area contributed by atoms with Crippen LogP contribution in [0.3, 0.4) is 0 Å². The summed E-state index contributed by atoms with van der Waals surface area (Å²) in [5.41, 5.74) is 0. The maximum absolute atomic E-state index is 10.4. The van der Waals surface area contributed by atoms with E-state index in [1.54, 1.807) is 0 Å². The summed E-state index contributed by atoms with van der Waals surface area (Å²) < 4.78 is 11.1. The standard InChI is InChI=1S/C22H32O3.C20H30O3/c1-2-3-4-5-6-7-8-9-10-11-12-14-17-20-21(25-20)18-15-13-16-19-22(23)24;1-2-18-19(23-18)16-14-12-10-8-6-4-3-5-7-9-11-13-15-17-20(21)22/h3-4,6-7,9-10,12-15,20-21H,2,5,8,11,16-19H2,1H3,(H,23,24);3,5-6,8-9,11-12,14,18-19H,2,4,7,10,13,15-17H2,1H3,(H,21,22)/b4-3-,7-6-,10-9-,14-12-,15-13-;5-3-,8-6-,11-9-,14-12-/t20-,21+;18-,19+/m11/s1. The summed E-state index contributed by atoms with van der Waals surface area (Å²) in [7, 11) is 0. The number of carbonyl (C=O) groups is 2. The zero-order valence-electron chi connectivity index (χ0n) is 29.5. The number of carboxylic acids is 2. The quantitative estimate of drug-likeness (QED) is 0.0516. The molecule has 2 aliphatic heterocycles. The minimum atomic E-state index is -0.746. The van der Waals surface area contributed by atoms with E-state index in [2.05, 4.69) is 111 Å². The number of carboxylic acid groups (broad SMARTS) is 2. The molecule has 2 N–H and O–H groups in total. The summed E-state index contributed by atoms with van der Waals surface area (Å²) in [4.78, 5) is 20.7. The molecule has 0 amide bonds. The maximum Gasteiger partial charge on any atom is 0.303 e. The molecule has 0 aliphatic carbocycles. The third-order valence-electron chi connectivity index (χ3n) is 7.54. The highest BCUT2D eigenvalue weighted by molar-refractivity contribution is 5.67. The van der Waals surface area contributed by atoms with Crippen LogP contribution in [0, 0.1) is 0 Å². The molecule has 2 aliphatic rings. The number of allylic oxidation sites excluding steroid dienone is 15. The molecule has 48 heavy (non-hydrogen) atoms. The van der Waals surface area contributed by atoms with E-state index in [0.29, 0.717) is 30.8 Å². The largest absolute Gasteiger partial charge is 0.481 e. The molecular formula is C42H62O6. The van der Waals surface area contributed by atoms with Crippen molar-refractivity contribution >= 4 is 11.9 Å². The molecule has 6 heteroatoms. The van der Waals surface area contributed by atoms with Crippen molar-refractivity contribution in [1.82, 2.24) is 0 Å². The van der Waals surface area contributed by atoms with Crippen LogP contribution in [0.4, 0.5) is 0 Å². The van der Waals surface area contributed by atoms with Crippen LogP contribution < -0.4 is 0 Å². The molecule has 0 aromatic heterocycles. The Morgan fingerprint density at radius 1 is 0.458 bits per heavy atom. The highest BCUT2D eigenvalue weighted by Crippen LogP contribution is 2.29. The molecule has 4 atom stereocenters. The Hall–Kier alpha value is -3.48. The van der Waals surface area contributed by atoms with Gasteiger partial charge in [0.15, 0.2) is 0 Å². The molecule has 0 aromatic carbocycles. The summed E-state index contributed by atoms with van der Waals surface area (Å²) >= 11 is 0. The lowest BCUT2D eigenvalue weighted by Crippen LogP contribution is -1.92. The van der Waals surface area contributed by atoms with E-state index in [9.17, 15) is 9.59 Å². The first-order valence-corrected chi connectivity index (χ1v) is 18.1. The van der Waals surface area contributed by atoms with Gasteiger partial charge in [0.05, 0.1) is 24.4 Å². The zero-order valence-corrected chi connectivity index (χ0v) is 29.5. The first-order chi connectivity index (χ1) is 23.5. The fourth-order valence-corrected chi connectivity index (χ4v) is 4.64. The Balaban J connectivity index is 0.000000482. The second-order valence-corrected chi connectivity index (χ2v) is 11.8. The van der Waals surface area contributed by atoms with Gasteiger partial charge in [0.25, 0.3) is 0 Å². The highest BCUT2D eigenvalue weighted by Gasteiger charge is 2.36. The van der Waals surface area contributed by atoms with Crippen molar-refractivity contribution in [3.05, 3.63) is 109 Å². The maximum atomic E-state index is 10.4. The number of rotatable bonds is 27. The van der Waals surface area contributed by atoms with E-state index in [1.807, 2.05) is 12.2 Å². The molecular weight excluding hydrogens is 600 g/mol. The molecule has 2 rings (SSSR count). The van der Waals surface area contributed by atoms with Gasteiger partial charge in [-0.05, 0) is 89.9 Å². The molecule has 0 unspecified atom stereocenters. The smallest absolute Gasteiger partial charge is 0.303 e. The molecule has 0 bridgehead atoms. The van der Waals surface area contributed by atoms with Gasteiger partial charge < -0.3 is 19.7 Å². The van der Waals surface area contributed by atoms with E-state index in [0.717, 1.165) is 83.5 Å². The van der Waals surface area contributed by atoms with Gasteiger partial charge in [-0.15, -0.1) is 0 Å². The number of epoxide rings is 2. The molecule has 2 saturated heterocycles. The van der Waals surface area contributed by atoms with Crippen molar-refractivity contribution in [2.24, 2.45) is 0 Å². The van der Waals surface area contributed by atoms with Crippen molar-refractivity contribution in [1.29, 1.82) is 0 Å². The summed E-state index contributed by atoms with van der Waals surface area (Å²) in [6.45, 7) is 4.31. The second-order valence-electron chi connectivity index (χ2n) is 11.8. The minimum Gasteiger partial charge on any atom is -0.481 e. The number of aliphatic carboxylic acids is 2. The SMILES string of the molecule is CC/C=C\C/C=C\C/C=C\C/C=C\C[C@H]1O[C@H]1C/C=C\CCC(=O)O.CC[C@H]1O[C@H]1C/C=C\C/C=C\C/C=C\C/C=C\CCCC(=O)O. The fourth-order valence-electron chi connectivity index (χ4n) is 4.64. The summed E-state index contributed by atoms with van der Waals surface area (Å²) in [5, 5.41) is 17.0. The summed E-state index contributed by atoms with van der Waals surface area (Å²) in [6.07, 6.45) is 54.0. The number of hydrogen-bond acceptors (Lipinski definition) is 4. The van der Waals surface area contributed by atoms with Gasteiger partial charge in [0.2, 0.25) is 0 Å². The van der Waals surface area contributed by atoms with E-state index in [-0.39, 0.29) is 12.8 Å². The van der Waals surface area contributed by atoms with E-state index in [1.165, 1.54) is 0 Å². The zero-order chi connectivity index (χ0) is 34.9. The Kier molecular flexibility index (Phi) is 27.3. The molecule has 0 spiro atoms. The van der Waals surface area contributed by atoms with Crippen molar-refractivity contribution in [2.45, 2.75) is 141 Å². The van der Waals surface area contributed by atoms with Crippen LogP contribution in [0.25, 0.3) is 0 Å². The van der Waals surface area contributed by atoms with Crippen molar-refractivity contribution in [3.63, 3.8) is 0 Å². The van der Waals surface area contributed by atoms with Crippen LogP contribution in [-0.4, -0.2) is 46.6 Å². The van der Waals surface area contributed by atoms with Crippen LogP contribution >= 0.6 is 0 Å². The van der Waals surface area contributed by atoms with Gasteiger partial charge in [-0.2, -0.15) is 0 Å². The predicted molar refractivity (Wildman–Crippen MR) is 200 cm³/mol. The summed E-state index contributed by atoms with van der Waals surface area (Å²) in [6, 6.07) is 0. The van der Waals surface area contributed by atoms with Gasteiger partial charge in [0.1, 0.15) is 0 Å². The van der Waals surface area contributed by atoms with Gasteiger partial charge in [-0.1, -0.05) is 123 Å². The van der Waals surface area contributed by atoms with Gasteiger partial charge in [-0.25, -0.2) is 0 Å². The Morgan fingerprint density at radius 2 is 0.812 bits per heavy atom. The van der Waals surface area contributed by atoms with Crippen LogP contribution in [0.5, 0.6) is 0 Å². The fraction of sp³-hybridized carbons (Fsp3) is 0.524. The Morgan fingerprint density at radius 3 is 1.23 bits per heavy atom. The lowest BCUT2D eigenvalue weighted by molar-refractivity contribution is -0.138. The number of ether oxygens (including phenoxy) is 2. The lowest BCUT2D eigenvalue weighted by Gasteiger charge is -1.90. The van der Waals surface area contributed by atoms with Crippen LogP contribution in [0.15, 0.2) is 109 Å². The van der Waals surface area contributed by atoms with E-state index in [4.69, 9.17) is 19.7 Å². The first-order valence-electron chi connectivity index (χ1n) is 18.1.